The minimum Gasteiger partial charge on any atom is -0.331 e. The molecule has 0 saturated carbocycles. The Balaban J connectivity index is -0.000000124. The van der Waals surface area contributed by atoms with Crippen molar-refractivity contribution in [2.75, 3.05) is 6.54 Å². The highest BCUT2D eigenvalue weighted by molar-refractivity contribution is 4.99. The van der Waals surface area contributed by atoms with E-state index >= 15 is 0 Å². The zero-order valence-electron chi connectivity index (χ0n) is 8.90. The number of rotatable bonds is 0. The largest absolute Gasteiger partial charge is 0.331 e. The standard InChI is InChI=1S/C6H6.C2H7N.C2H6.C2H2/c1-2-4-6-5-3-1;1-2-3;2*1-2/h1-6H;2-3H2,1H3;1-2H3;1-2H. The second-order valence-electron chi connectivity index (χ2n) is 1.56. The molecule has 0 unspecified atom stereocenters. The SMILES string of the molecule is C#C.CC.CCN.c1ccccc1. The molecule has 74 valence electrons. The predicted octanol–water partition coefficient (Wildman–Crippen LogP) is 2.93. The molecule has 0 saturated heterocycles. The van der Waals surface area contributed by atoms with Gasteiger partial charge in [-0.2, -0.15) is 0 Å². The van der Waals surface area contributed by atoms with Crippen LogP contribution < -0.4 is 5.73 Å². The molecule has 0 radical (unpaired) electrons. The maximum absolute atomic E-state index is 4.85. The smallest absolute Gasteiger partial charge is 0.0106 e. The van der Waals surface area contributed by atoms with Crippen molar-refractivity contribution in [3.05, 3.63) is 36.4 Å². The Bertz CT molecular complexity index is 117. The summed E-state index contributed by atoms with van der Waals surface area (Å²) in [6, 6.07) is 12.0. The van der Waals surface area contributed by atoms with Gasteiger partial charge in [-0.25, -0.2) is 0 Å². The fourth-order valence-corrected chi connectivity index (χ4v) is 0.385. The van der Waals surface area contributed by atoms with Crippen LogP contribution >= 0.6 is 0 Å². The van der Waals surface area contributed by atoms with Gasteiger partial charge in [-0.1, -0.05) is 57.2 Å². The minimum atomic E-state index is 0.750. The van der Waals surface area contributed by atoms with Crippen LogP contribution in [0.1, 0.15) is 20.8 Å². The average Bonchev–Trinajstić information content (AvgIpc) is 2.27. The van der Waals surface area contributed by atoms with Gasteiger partial charge in [-0.05, 0) is 6.54 Å². The van der Waals surface area contributed by atoms with Crippen LogP contribution in [0.5, 0.6) is 0 Å². The van der Waals surface area contributed by atoms with E-state index in [1.165, 1.54) is 0 Å². The van der Waals surface area contributed by atoms with Crippen molar-refractivity contribution in [1.29, 1.82) is 0 Å². The summed E-state index contributed by atoms with van der Waals surface area (Å²) in [5.41, 5.74) is 4.85. The third kappa shape index (κ3) is 36.5. The molecule has 1 aromatic rings. The summed E-state index contributed by atoms with van der Waals surface area (Å²) in [4.78, 5) is 0. The second kappa shape index (κ2) is 30.9. The molecule has 0 heterocycles. The molecular formula is C12H21N. The lowest BCUT2D eigenvalue weighted by Gasteiger charge is -1.69. The molecule has 1 nitrogen and oxygen atoms in total. The molecule has 1 heteroatoms. The highest BCUT2D eigenvalue weighted by atomic mass is 14.5. The predicted molar refractivity (Wildman–Crippen MR) is 62.4 cm³/mol. The molecule has 0 aliphatic carbocycles. The zero-order chi connectivity index (χ0) is 10.9. The van der Waals surface area contributed by atoms with E-state index in [-0.39, 0.29) is 0 Å². The highest BCUT2D eigenvalue weighted by Gasteiger charge is 1.57. The van der Waals surface area contributed by atoms with Crippen molar-refractivity contribution in [1.82, 2.24) is 0 Å². The van der Waals surface area contributed by atoms with Gasteiger partial charge in [0.1, 0.15) is 0 Å². The molecule has 2 N–H and O–H groups in total. The molecule has 1 aromatic carbocycles. The molecule has 13 heavy (non-hydrogen) atoms. The maximum Gasteiger partial charge on any atom is -0.0106 e. The van der Waals surface area contributed by atoms with Crippen LogP contribution in [0.25, 0.3) is 0 Å². The Kier molecular flexibility index (Phi) is 42.2. The molecule has 0 fully saturated rings. The van der Waals surface area contributed by atoms with Gasteiger partial charge in [0.15, 0.2) is 0 Å². The second-order valence-corrected chi connectivity index (χ2v) is 1.56. The Morgan fingerprint density at radius 3 is 1.00 bits per heavy atom. The normalized spacial score (nSPS) is 5.69. The Morgan fingerprint density at radius 2 is 0.923 bits per heavy atom. The fraction of sp³-hybridized carbons (Fsp3) is 0.333. The zero-order valence-corrected chi connectivity index (χ0v) is 8.90. The lowest BCUT2D eigenvalue weighted by Crippen LogP contribution is -1.87. The van der Waals surface area contributed by atoms with E-state index in [9.17, 15) is 0 Å². The molecule has 0 aliphatic rings. The van der Waals surface area contributed by atoms with Crippen LogP contribution in [0, 0.1) is 12.8 Å². The number of hydrogen-bond donors (Lipinski definition) is 1. The molecule has 1 rings (SSSR count). The fourth-order valence-electron chi connectivity index (χ4n) is 0.385. The summed E-state index contributed by atoms with van der Waals surface area (Å²) >= 11 is 0. The molecule has 0 aromatic heterocycles. The van der Waals surface area contributed by atoms with Gasteiger partial charge < -0.3 is 5.73 Å². The van der Waals surface area contributed by atoms with Crippen LogP contribution in [-0.4, -0.2) is 6.54 Å². The van der Waals surface area contributed by atoms with Crippen molar-refractivity contribution >= 4 is 0 Å². The molecule has 0 spiro atoms. The average molecular weight is 179 g/mol. The summed E-state index contributed by atoms with van der Waals surface area (Å²) in [5, 5.41) is 0. The van der Waals surface area contributed by atoms with Crippen molar-refractivity contribution in [3.63, 3.8) is 0 Å². The first-order valence-corrected chi connectivity index (χ1v) is 4.45. The lowest BCUT2D eigenvalue weighted by atomic mass is 10.4. The minimum absolute atomic E-state index is 0.750. The molecule has 0 atom stereocenters. The summed E-state index contributed by atoms with van der Waals surface area (Å²) in [6.07, 6.45) is 8.00. The van der Waals surface area contributed by atoms with E-state index in [2.05, 4.69) is 12.8 Å². The Hall–Kier alpha value is -1.26. The molecule has 0 aliphatic heterocycles. The Labute approximate surface area is 83.0 Å². The van der Waals surface area contributed by atoms with Gasteiger partial charge in [0.2, 0.25) is 0 Å². The summed E-state index contributed by atoms with van der Waals surface area (Å²) < 4.78 is 0. The lowest BCUT2D eigenvalue weighted by molar-refractivity contribution is 1.14. The van der Waals surface area contributed by atoms with Crippen LogP contribution in [0.4, 0.5) is 0 Å². The van der Waals surface area contributed by atoms with Crippen LogP contribution in [-0.2, 0) is 0 Å². The van der Waals surface area contributed by atoms with Gasteiger partial charge in [-0.3, -0.25) is 0 Å². The quantitative estimate of drug-likeness (QED) is 0.609. The number of hydrogen-bond acceptors (Lipinski definition) is 1. The van der Waals surface area contributed by atoms with E-state index in [0.717, 1.165) is 6.54 Å². The van der Waals surface area contributed by atoms with Gasteiger partial charge in [0.25, 0.3) is 0 Å². The first-order chi connectivity index (χ1) is 6.41. The maximum atomic E-state index is 4.85. The molecule has 0 amide bonds. The van der Waals surface area contributed by atoms with Crippen LogP contribution in [0.2, 0.25) is 0 Å². The van der Waals surface area contributed by atoms with Crippen molar-refractivity contribution in [2.45, 2.75) is 20.8 Å². The third-order valence-corrected chi connectivity index (χ3v) is 0.667. The summed E-state index contributed by atoms with van der Waals surface area (Å²) in [5.74, 6) is 0. The van der Waals surface area contributed by atoms with Gasteiger partial charge in [-0.15, -0.1) is 12.8 Å². The van der Waals surface area contributed by atoms with Crippen LogP contribution in [0.3, 0.4) is 0 Å². The first kappa shape index (κ1) is 17.7. The molecular weight excluding hydrogens is 158 g/mol. The van der Waals surface area contributed by atoms with Crippen molar-refractivity contribution in [2.24, 2.45) is 5.73 Å². The summed E-state index contributed by atoms with van der Waals surface area (Å²) in [6.45, 7) is 6.65. The van der Waals surface area contributed by atoms with Gasteiger partial charge in [0.05, 0.1) is 0 Å². The first-order valence-electron chi connectivity index (χ1n) is 4.45. The van der Waals surface area contributed by atoms with E-state index in [4.69, 9.17) is 5.73 Å². The van der Waals surface area contributed by atoms with Gasteiger partial charge in [0, 0.05) is 0 Å². The molecule has 0 bridgehead atoms. The highest BCUT2D eigenvalue weighted by Crippen LogP contribution is 1.79. The van der Waals surface area contributed by atoms with E-state index in [1.54, 1.807) is 0 Å². The summed E-state index contributed by atoms with van der Waals surface area (Å²) in [7, 11) is 0. The van der Waals surface area contributed by atoms with E-state index < -0.39 is 0 Å². The number of terminal acetylenes is 1. The number of nitrogens with two attached hydrogens (primary N) is 1. The topological polar surface area (TPSA) is 26.0 Å². The van der Waals surface area contributed by atoms with E-state index in [0.29, 0.717) is 0 Å². The van der Waals surface area contributed by atoms with Crippen molar-refractivity contribution in [3.8, 4) is 12.8 Å². The van der Waals surface area contributed by atoms with Crippen molar-refractivity contribution < 1.29 is 0 Å². The van der Waals surface area contributed by atoms with Gasteiger partial charge >= 0.3 is 0 Å². The van der Waals surface area contributed by atoms with Crippen LogP contribution in [0.15, 0.2) is 36.4 Å². The Morgan fingerprint density at radius 1 is 0.846 bits per heavy atom. The monoisotopic (exact) mass is 179 g/mol. The number of benzene rings is 1. The third-order valence-electron chi connectivity index (χ3n) is 0.667. The van der Waals surface area contributed by atoms with E-state index in [1.807, 2.05) is 57.2 Å².